The van der Waals surface area contributed by atoms with Crippen LogP contribution in [0.15, 0.2) is 24.3 Å². The average Bonchev–Trinajstić information content (AvgIpc) is 3.28. The Hall–Kier alpha value is -1.96. The van der Waals surface area contributed by atoms with E-state index in [9.17, 15) is 9.59 Å². The van der Waals surface area contributed by atoms with E-state index in [1.54, 1.807) is 6.92 Å². The minimum absolute atomic E-state index is 0.0313. The van der Waals surface area contributed by atoms with Crippen molar-refractivity contribution in [3.63, 3.8) is 0 Å². The highest BCUT2D eigenvalue weighted by Crippen LogP contribution is 2.23. The number of benzene rings is 1. The van der Waals surface area contributed by atoms with Gasteiger partial charge in [-0.1, -0.05) is 32.9 Å². The molecular formula is C24H37N3O4. The normalized spacial score (nSPS) is 22.0. The molecule has 2 aliphatic heterocycles. The molecule has 1 aromatic rings. The minimum atomic E-state index is -0.611. The van der Waals surface area contributed by atoms with Gasteiger partial charge in [-0.15, -0.1) is 0 Å². The van der Waals surface area contributed by atoms with Crippen LogP contribution < -0.4 is 10.6 Å². The van der Waals surface area contributed by atoms with Crippen LogP contribution in [-0.4, -0.2) is 74.9 Å². The first-order valence-corrected chi connectivity index (χ1v) is 11.3. The maximum Gasteiger partial charge on any atom is 0.251 e. The highest BCUT2D eigenvalue weighted by atomic mass is 16.5. The lowest BCUT2D eigenvalue weighted by molar-refractivity contribution is -0.123. The quantitative estimate of drug-likeness (QED) is 0.690. The molecule has 0 bridgehead atoms. The molecule has 0 aromatic heterocycles. The van der Waals surface area contributed by atoms with Gasteiger partial charge in [0, 0.05) is 43.8 Å². The van der Waals surface area contributed by atoms with Gasteiger partial charge in [0.15, 0.2) is 0 Å². The predicted molar refractivity (Wildman–Crippen MR) is 120 cm³/mol. The number of carbonyl (C=O) groups excluding carboxylic acids is 2. The summed E-state index contributed by atoms with van der Waals surface area (Å²) < 4.78 is 11.1. The Morgan fingerprint density at radius 3 is 2.35 bits per heavy atom. The SMILES string of the molecule is CC(NC(=O)c1ccc(C(C)(C)C)cc1)C(=O)NCC(C1CCOC1)N1CCOCC1. The van der Waals surface area contributed by atoms with E-state index in [2.05, 4.69) is 36.3 Å². The van der Waals surface area contributed by atoms with Gasteiger partial charge >= 0.3 is 0 Å². The Kier molecular flexibility index (Phi) is 8.08. The van der Waals surface area contributed by atoms with Crippen LogP contribution in [0.25, 0.3) is 0 Å². The van der Waals surface area contributed by atoms with Crippen molar-refractivity contribution in [3.05, 3.63) is 35.4 Å². The van der Waals surface area contributed by atoms with E-state index in [0.29, 0.717) is 18.0 Å². The van der Waals surface area contributed by atoms with Crippen molar-refractivity contribution < 1.29 is 19.1 Å². The maximum absolute atomic E-state index is 12.7. The number of hydrogen-bond acceptors (Lipinski definition) is 5. The molecule has 0 saturated carbocycles. The summed E-state index contributed by atoms with van der Waals surface area (Å²) in [6.07, 6.45) is 1.01. The molecule has 2 amide bonds. The number of rotatable bonds is 7. The maximum atomic E-state index is 12.7. The molecule has 2 saturated heterocycles. The van der Waals surface area contributed by atoms with Gasteiger partial charge in [0.05, 0.1) is 19.8 Å². The number of nitrogens with zero attached hydrogens (tertiary/aromatic N) is 1. The first-order chi connectivity index (χ1) is 14.8. The Morgan fingerprint density at radius 1 is 1.10 bits per heavy atom. The summed E-state index contributed by atoms with van der Waals surface area (Å²) >= 11 is 0. The summed E-state index contributed by atoms with van der Waals surface area (Å²) in [6, 6.07) is 7.18. The van der Waals surface area contributed by atoms with E-state index >= 15 is 0 Å². The Labute approximate surface area is 185 Å². The van der Waals surface area contributed by atoms with Crippen LogP contribution in [0.5, 0.6) is 0 Å². The van der Waals surface area contributed by atoms with Gasteiger partial charge in [0.2, 0.25) is 5.91 Å². The fraction of sp³-hybridized carbons (Fsp3) is 0.667. The summed E-state index contributed by atoms with van der Waals surface area (Å²) in [5.74, 6) is -0.00139. The van der Waals surface area contributed by atoms with Gasteiger partial charge < -0.3 is 20.1 Å². The van der Waals surface area contributed by atoms with Crippen LogP contribution >= 0.6 is 0 Å². The Morgan fingerprint density at radius 2 is 1.77 bits per heavy atom. The fourth-order valence-electron chi connectivity index (χ4n) is 4.18. The van der Waals surface area contributed by atoms with Gasteiger partial charge in [0.25, 0.3) is 5.91 Å². The molecule has 7 nitrogen and oxygen atoms in total. The lowest BCUT2D eigenvalue weighted by atomic mass is 9.86. The molecule has 7 heteroatoms. The van der Waals surface area contributed by atoms with Crippen LogP contribution in [0.1, 0.15) is 50.0 Å². The first kappa shape index (κ1) is 23.7. The van der Waals surface area contributed by atoms with Crippen molar-refractivity contribution in [2.75, 3.05) is 46.1 Å². The average molecular weight is 432 g/mol. The molecule has 2 aliphatic rings. The molecule has 2 heterocycles. The molecule has 0 spiro atoms. The topological polar surface area (TPSA) is 79.9 Å². The molecule has 3 unspecified atom stereocenters. The van der Waals surface area contributed by atoms with Crippen LogP contribution in [0, 0.1) is 5.92 Å². The van der Waals surface area contributed by atoms with Gasteiger partial charge in [-0.3, -0.25) is 14.5 Å². The second-order valence-corrected chi connectivity index (χ2v) is 9.61. The first-order valence-electron chi connectivity index (χ1n) is 11.3. The van der Waals surface area contributed by atoms with E-state index < -0.39 is 6.04 Å². The number of hydrogen-bond donors (Lipinski definition) is 2. The van der Waals surface area contributed by atoms with Crippen molar-refractivity contribution in [2.45, 2.75) is 51.6 Å². The van der Waals surface area contributed by atoms with E-state index in [1.807, 2.05) is 24.3 Å². The van der Waals surface area contributed by atoms with Crippen molar-refractivity contribution in [2.24, 2.45) is 5.92 Å². The molecule has 172 valence electrons. The monoisotopic (exact) mass is 431 g/mol. The van der Waals surface area contributed by atoms with E-state index in [0.717, 1.165) is 45.9 Å². The van der Waals surface area contributed by atoms with Crippen molar-refractivity contribution in [1.82, 2.24) is 15.5 Å². The number of ether oxygens (including phenoxy) is 2. The summed E-state index contributed by atoms with van der Waals surface area (Å²) in [4.78, 5) is 27.7. The summed E-state index contributed by atoms with van der Waals surface area (Å²) in [7, 11) is 0. The summed E-state index contributed by atoms with van der Waals surface area (Å²) in [5, 5.41) is 5.87. The highest BCUT2D eigenvalue weighted by molar-refractivity contribution is 5.97. The van der Waals surface area contributed by atoms with Gasteiger partial charge in [-0.2, -0.15) is 0 Å². The Balaban J connectivity index is 1.53. The van der Waals surface area contributed by atoms with E-state index in [4.69, 9.17) is 9.47 Å². The fourth-order valence-corrected chi connectivity index (χ4v) is 4.18. The molecule has 31 heavy (non-hydrogen) atoms. The molecule has 3 rings (SSSR count). The van der Waals surface area contributed by atoms with Crippen LogP contribution in [-0.2, 0) is 19.7 Å². The highest BCUT2D eigenvalue weighted by Gasteiger charge is 2.32. The molecular weight excluding hydrogens is 394 g/mol. The lowest BCUT2D eigenvalue weighted by Gasteiger charge is -2.37. The largest absolute Gasteiger partial charge is 0.381 e. The van der Waals surface area contributed by atoms with E-state index in [1.165, 1.54) is 5.56 Å². The number of amides is 2. The zero-order chi connectivity index (χ0) is 22.4. The number of morpholine rings is 1. The summed E-state index contributed by atoms with van der Waals surface area (Å²) in [5.41, 5.74) is 1.76. The van der Waals surface area contributed by atoms with Crippen LogP contribution in [0.3, 0.4) is 0 Å². The predicted octanol–water partition coefficient (Wildman–Crippen LogP) is 1.96. The van der Waals surface area contributed by atoms with Crippen molar-refractivity contribution >= 4 is 11.8 Å². The molecule has 0 radical (unpaired) electrons. The zero-order valence-electron chi connectivity index (χ0n) is 19.3. The second kappa shape index (κ2) is 10.6. The summed E-state index contributed by atoms with van der Waals surface area (Å²) in [6.45, 7) is 13.4. The van der Waals surface area contributed by atoms with Crippen LogP contribution in [0.2, 0.25) is 0 Å². The third-order valence-corrected chi connectivity index (χ3v) is 6.26. The molecule has 2 N–H and O–H groups in total. The standard InChI is InChI=1S/C24H37N3O4/c1-17(26-23(29)18-5-7-20(8-6-18)24(2,3)4)22(28)25-15-21(19-9-12-31-16-19)27-10-13-30-14-11-27/h5-8,17,19,21H,9-16H2,1-4H3,(H,25,28)(H,26,29). The van der Waals surface area contributed by atoms with Gasteiger partial charge in [-0.25, -0.2) is 0 Å². The van der Waals surface area contributed by atoms with Crippen molar-refractivity contribution in [1.29, 1.82) is 0 Å². The molecule has 1 aromatic carbocycles. The zero-order valence-corrected chi connectivity index (χ0v) is 19.3. The third kappa shape index (κ3) is 6.51. The third-order valence-electron chi connectivity index (χ3n) is 6.26. The van der Waals surface area contributed by atoms with Crippen LogP contribution in [0.4, 0.5) is 0 Å². The number of nitrogens with one attached hydrogen (secondary N) is 2. The van der Waals surface area contributed by atoms with Crippen molar-refractivity contribution in [3.8, 4) is 0 Å². The van der Waals surface area contributed by atoms with E-state index in [-0.39, 0.29) is 23.3 Å². The number of carbonyl (C=O) groups is 2. The second-order valence-electron chi connectivity index (χ2n) is 9.61. The lowest BCUT2D eigenvalue weighted by Crippen LogP contribution is -2.54. The molecule has 0 aliphatic carbocycles. The van der Waals surface area contributed by atoms with Gasteiger partial charge in [0.1, 0.15) is 6.04 Å². The molecule has 2 fully saturated rings. The smallest absolute Gasteiger partial charge is 0.251 e. The minimum Gasteiger partial charge on any atom is -0.381 e. The molecule has 3 atom stereocenters. The van der Waals surface area contributed by atoms with Gasteiger partial charge in [-0.05, 0) is 36.5 Å². The Bertz CT molecular complexity index is 732.